The Morgan fingerprint density at radius 1 is 0.829 bits per heavy atom. The standard InChI is InChI=1S/C26H39NO13S/c28-12-19(32)23(36)21(34)17(30)10-27(11-18(31)22(35)24(37)20(33)13-29)5-7-39-16-3-1-2-14(9-16)8-15-4-6-40-25(15)26(38)41/h1-4,6,9,17-24,28-37H,5,7-8,10-13H2,(H,38,41)/t17-,18-,19-,20-,21-,22-,23-,24-/m1/s1. The highest BCUT2D eigenvalue weighted by molar-refractivity contribution is 7.97. The summed E-state index contributed by atoms with van der Waals surface area (Å²) in [5.41, 5.74) is 1.43. The van der Waals surface area contributed by atoms with Gasteiger partial charge in [-0.2, -0.15) is 0 Å². The first kappa shape index (κ1) is 35.1. The van der Waals surface area contributed by atoms with Gasteiger partial charge in [0.25, 0.3) is 5.12 Å². The summed E-state index contributed by atoms with van der Waals surface area (Å²) in [6.07, 6.45) is -12.6. The van der Waals surface area contributed by atoms with Crippen molar-refractivity contribution in [2.45, 2.75) is 55.3 Å². The van der Waals surface area contributed by atoms with Crippen LogP contribution < -0.4 is 4.74 Å². The van der Waals surface area contributed by atoms with E-state index in [1.165, 1.54) is 11.2 Å². The van der Waals surface area contributed by atoms with Crippen LogP contribution in [0, 0.1) is 0 Å². The van der Waals surface area contributed by atoms with E-state index in [2.05, 4.69) is 12.6 Å². The highest BCUT2D eigenvalue weighted by Gasteiger charge is 2.34. The van der Waals surface area contributed by atoms with Gasteiger partial charge in [-0.3, -0.25) is 9.69 Å². The molecule has 15 heteroatoms. The number of ether oxygens (including phenoxy) is 1. The van der Waals surface area contributed by atoms with Crippen LogP contribution in [0.2, 0.25) is 0 Å². The molecule has 1 heterocycles. The molecule has 0 fully saturated rings. The Morgan fingerprint density at radius 3 is 1.88 bits per heavy atom. The van der Waals surface area contributed by atoms with Crippen molar-refractivity contribution < 1.29 is 65.0 Å². The summed E-state index contributed by atoms with van der Waals surface area (Å²) in [4.78, 5) is 12.9. The molecule has 10 N–H and O–H groups in total. The summed E-state index contributed by atoms with van der Waals surface area (Å²) in [6, 6.07) is 8.59. The molecule has 0 radical (unpaired) electrons. The van der Waals surface area contributed by atoms with Gasteiger partial charge in [0.2, 0.25) is 0 Å². The van der Waals surface area contributed by atoms with Crippen molar-refractivity contribution in [3.05, 3.63) is 53.5 Å². The average Bonchev–Trinajstić information content (AvgIpc) is 3.43. The second-order valence-corrected chi connectivity index (χ2v) is 10.0. The first-order valence-corrected chi connectivity index (χ1v) is 13.2. The number of aliphatic hydroxyl groups excluding tert-OH is 10. The molecule has 0 aliphatic rings. The number of nitrogens with zero attached hydrogens (tertiary/aromatic N) is 1. The summed E-state index contributed by atoms with van der Waals surface area (Å²) in [5.74, 6) is 0.568. The predicted molar refractivity (Wildman–Crippen MR) is 145 cm³/mol. The fourth-order valence-electron chi connectivity index (χ4n) is 4.05. The van der Waals surface area contributed by atoms with Gasteiger partial charge in [0, 0.05) is 31.6 Å². The molecule has 0 saturated carbocycles. The fraction of sp³-hybridized carbons (Fsp3) is 0.577. The molecule has 232 valence electrons. The first-order valence-electron chi connectivity index (χ1n) is 12.8. The first-order chi connectivity index (χ1) is 19.4. The highest BCUT2D eigenvalue weighted by atomic mass is 32.1. The smallest absolute Gasteiger partial charge is 0.251 e. The SMILES string of the molecule is O=C(S)c1occc1Cc1cccc(OCCN(C[C@@H](O)[C@@H](O)[C@H](O)[C@H](O)CO)C[C@@H](O)[C@@H](O)[C@H](O)[C@H](O)CO)c1. The van der Waals surface area contributed by atoms with E-state index in [9.17, 15) is 45.6 Å². The van der Waals surface area contributed by atoms with Crippen molar-refractivity contribution >= 4 is 17.7 Å². The zero-order chi connectivity index (χ0) is 30.7. The molecule has 0 aliphatic heterocycles. The predicted octanol–water partition coefficient (Wildman–Crippen LogP) is -3.51. The summed E-state index contributed by atoms with van der Waals surface area (Å²) in [5, 5.41) is 97.7. The van der Waals surface area contributed by atoms with Crippen LogP contribution in [0.15, 0.2) is 41.0 Å². The molecular weight excluding hydrogens is 566 g/mol. The van der Waals surface area contributed by atoms with Crippen LogP contribution >= 0.6 is 12.6 Å². The molecule has 41 heavy (non-hydrogen) atoms. The average molecular weight is 606 g/mol. The summed E-state index contributed by atoms with van der Waals surface area (Å²) < 4.78 is 10.9. The number of aliphatic hydroxyl groups is 10. The Kier molecular flexibility index (Phi) is 14.6. The largest absolute Gasteiger partial charge is 0.492 e. The second kappa shape index (κ2) is 17.1. The van der Waals surface area contributed by atoms with Crippen molar-refractivity contribution in [1.29, 1.82) is 0 Å². The van der Waals surface area contributed by atoms with Gasteiger partial charge in [0.05, 0.1) is 31.7 Å². The molecule has 1 aromatic heterocycles. The molecule has 0 bridgehead atoms. The molecule has 0 spiro atoms. The van der Waals surface area contributed by atoms with Gasteiger partial charge in [-0.15, -0.1) is 0 Å². The van der Waals surface area contributed by atoms with Gasteiger partial charge in [0.15, 0.2) is 5.76 Å². The van der Waals surface area contributed by atoms with Crippen molar-refractivity contribution in [2.24, 2.45) is 0 Å². The molecular formula is C26H39NO13S. The van der Waals surface area contributed by atoms with Crippen molar-refractivity contribution in [3.8, 4) is 5.75 Å². The minimum Gasteiger partial charge on any atom is -0.492 e. The number of benzene rings is 1. The lowest BCUT2D eigenvalue weighted by Crippen LogP contribution is -2.53. The Bertz CT molecular complexity index is 1030. The van der Waals surface area contributed by atoms with Crippen LogP contribution in [-0.4, -0.2) is 149 Å². The van der Waals surface area contributed by atoms with E-state index in [4.69, 9.17) is 19.4 Å². The quantitative estimate of drug-likeness (QED) is 0.0696. The van der Waals surface area contributed by atoms with E-state index in [0.717, 1.165) is 5.56 Å². The number of furan rings is 1. The molecule has 14 nitrogen and oxygen atoms in total. The summed E-state index contributed by atoms with van der Waals surface area (Å²) >= 11 is 3.80. The van der Waals surface area contributed by atoms with E-state index in [1.54, 1.807) is 24.3 Å². The monoisotopic (exact) mass is 605 g/mol. The van der Waals surface area contributed by atoms with E-state index in [1.807, 2.05) is 6.07 Å². The Morgan fingerprint density at radius 2 is 1.37 bits per heavy atom. The lowest BCUT2D eigenvalue weighted by molar-refractivity contribution is -0.130. The Hall–Kier alpha value is -2.12. The molecule has 0 unspecified atom stereocenters. The molecule has 2 aromatic rings. The van der Waals surface area contributed by atoms with Crippen LogP contribution in [0.4, 0.5) is 0 Å². The maximum Gasteiger partial charge on any atom is 0.251 e. The maximum atomic E-state index is 11.6. The molecule has 0 aliphatic carbocycles. The normalized spacial score (nSPS) is 17.9. The number of carbonyl (C=O) groups is 1. The summed E-state index contributed by atoms with van der Waals surface area (Å²) in [6.45, 7) is -2.62. The number of carbonyl (C=O) groups excluding carboxylic acids is 1. The van der Waals surface area contributed by atoms with E-state index >= 15 is 0 Å². The van der Waals surface area contributed by atoms with E-state index < -0.39 is 80.3 Å². The zero-order valence-electron chi connectivity index (χ0n) is 22.1. The Balaban J connectivity index is 2.09. The third-order valence-electron chi connectivity index (χ3n) is 6.45. The Labute approximate surface area is 241 Å². The lowest BCUT2D eigenvalue weighted by atomic mass is 10.0. The fourth-order valence-corrected chi connectivity index (χ4v) is 4.25. The van der Waals surface area contributed by atoms with Crippen LogP contribution in [0.25, 0.3) is 0 Å². The summed E-state index contributed by atoms with van der Waals surface area (Å²) in [7, 11) is 0. The van der Waals surface area contributed by atoms with Gasteiger partial charge < -0.3 is 60.2 Å². The maximum absolute atomic E-state index is 11.6. The lowest BCUT2D eigenvalue weighted by Gasteiger charge is -2.33. The van der Waals surface area contributed by atoms with Crippen LogP contribution in [0.1, 0.15) is 21.7 Å². The van der Waals surface area contributed by atoms with Crippen molar-refractivity contribution in [2.75, 3.05) is 39.5 Å². The minimum atomic E-state index is -1.89. The van der Waals surface area contributed by atoms with Crippen molar-refractivity contribution in [1.82, 2.24) is 4.90 Å². The number of hydrogen-bond acceptors (Lipinski definition) is 14. The third kappa shape index (κ3) is 10.6. The van der Waals surface area contributed by atoms with Gasteiger partial charge in [-0.25, -0.2) is 0 Å². The van der Waals surface area contributed by atoms with Gasteiger partial charge in [0.1, 0.15) is 49.0 Å². The number of rotatable bonds is 19. The van der Waals surface area contributed by atoms with Crippen LogP contribution in [-0.2, 0) is 6.42 Å². The molecule has 8 atom stereocenters. The second-order valence-electron chi connectivity index (χ2n) is 9.61. The number of hydrogen-bond donors (Lipinski definition) is 11. The van der Waals surface area contributed by atoms with Gasteiger partial charge in [-0.1, -0.05) is 24.8 Å². The van der Waals surface area contributed by atoms with Gasteiger partial charge in [-0.05, 0) is 23.8 Å². The molecule has 0 amide bonds. The van der Waals surface area contributed by atoms with E-state index in [-0.39, 0.29) is 18.9 Å². The number of thiol groups is 1. The highest BCUT2D eigenvalue weighted by Crippen LogP contribution is 2.21. The molecule has 0 saturated heterocycles. The van der Waals surface area contributed by atoms with Crippen LogP contribution in [0.3, 0.4) is 0 Å². The molecule has 2 rings (SSSR count). The van der Waals surface area contributed by atoms with Crippen LogP contribution in [0.5, 0.6) is 5.75 Å². The topological polar surface area (TPSA) is 245 Å². The van der Waals surface area contributed by atoms with E-state index in [0.29, 0.717) is 17.7 Å². The van der Waals surface area contributed by atoms with Gasteiger partial charge >= 0.3 is 0 Å². The third-order valence-corrected chi connectivity index (χ3v) is 6.65. The van der Waals surface area contributed by atoms with Crippen molar-refractivity contribution in [3.63, 3.8) is 0 Å². The zero-order valence-corrected chi connectivity index (χ0v) is 23.0. The minimum absolute atomic E-state index is 0.0187. The molecule has 1 aromatic carbocycles.